The number of aromatic nitrogens is 1. The highest BCUT2D eigenvalue weighted by Gasteiger charge is 2.32. The van der Waals surface area contributed by atoms with Gasteiger partial charge in [0, 0.05) is 32.5 Å². The molecule has 1 unspecified atom stereocenters. The molecule has 1 aromatic carbocycles. The summed E-state index contributed by atoms with van der Waals surface area (Å²) in [5.41, 5.74) is 0.956. The van der Waals surface area contributed by atoms with Crippen molar-refractivity contribution in [3.8, 4) is 11.5 Å². The van der Waals surface area contributed by atoms with Crippen LogP contribution < -0.4 is 14.8 Å². The smallest absolute Gasteiger partial charge is 0.253 e. The zero-order chi connectivity index (χ0) is 19.3. The van der Waals surface area contributed by atoms with Gasteiger partial charge in [-0.3, -0.25) is 9.78 Å². The number of anilines is 1. The van der Waals surface area contributed by atoms with Crippen molar-refractivity contribution in [3.05, 3.63) is 48.3 Å². The number of likely N-dealkylation sites (N-methyl/N-ethyl adjacent to an activating group) is 1. The second-order valence-electron chi connectivity index (χ2n) is 6.88. The predicted octanol–water partition coefficient (Wildman–Crippen LogP) is 2.44. The van der Waals surface area contributed by atoms with E-state index in [0.29, 0.717) is 37.7 Å². The Morgan fingerprint density at radius 1 is 1.41 bits per heavy atom. The number of hydrogen-bond donors (Lipinski definition) is 1. The number of carbonyl (C=O) groups excluding carboxylic acids is 1. The van der Waals surface area contributed by atoms with E-state index in [4.69, 9.17) is 14.2 Å². The summed E-state index contributed by atoms with van der Waals surface area (Å²) in [4.78, 5) is 18.3. The summed E-state index contributed by atoms with van der Waals surface area (Å²) >= 11 is 0. The molecule has 144 valence electrons. The molecule has 0 aliphatic carbocycles. The third-order valence-corrected chi connectivity index (χ3v) is 4.38. The van der Waals surface area contributed by atoms with Crippen molar-refractivity contribution in [2.24, 2.45) is 0 Å². The maximum Gasteiger partial charge on any atom is 0.253 e. The van der Waals surface area contributed by atoms with Crippen LogP contribution in [-0.4, -0.2) is 61.9 Å². The van der Waals surface area contributed by atoms with Crippen LogP contribution in [0, 0.1) is 0 Å². The summed E-state index contributed by atoms with van der Waals surface area (Å²) in [6, 6.07) is 9.11. The van der Waals surface area contributed by atoms with Crippen molar-refractivity contribution in [3.63, 3.8) is 0 Å². The quantitative estimate of drug-likeness (QED) is 0.806. The Hall–Kier alpha value is -2.80. The molecule has 0 fully saturated rings. The number of methoxy groups -OCH3 is 1. The summed E-state index contributed by atoms with van der Waals surface area (Å²) in [5.74, 6) is 1.37. The maximum atomic E-state index is 12.6. The van der Waals surface area contributed by atoms with Gasteiger partial charge in [-0.1, -0.05) is 0 Å². The SMILES string of the molecule is COCCN(C)C(=O)c1ccc2c(c1)NC(C)(COc1cccnc1)CO2. The lowest BCUT2D eigenvalue weighted by Crippen LogP contribution is -2.49. The molecule has 1 aliphatic rings. The second-order valence-corrected chi connectivity index (χ2v) is 6.88. The molecule has 0 saturated carbocycles. The Morgan fingerprint density at radius 3 is 3.00 bits per heavy atom. The summed E-state index contributed by atoms with van der Waals surface area (Å²) in [6.45, 7) is 3.92. The monoisotopic (exact) mass is 371 g/mol. The van der Waals surface area contributed by atoms with Gasteiger partial charge in [-0.05, 0) is 37.3 Å². The molecule has 7 nitrogen and oxygen atoms in total. The van der Waals surface area contributed by atoms with Gasteiger partial charge in [0.15, 0.2) is 0 Å². The van der Waals surface area contributed by atoms with Gasteiger partial charge in [0.05, 0.1) is 18.5 Å². The van der Waals surface area contributed by atoms with Crippen LogP contribution in [-0.2, 0) is 4.74 Å². The molecule has 1 amide bonds. The van der Waals surface area contributed by atoms with Gasteiger partial charge < -0.3 is 24.4 Å². The van der Waals surface area contributed by atoms with E-state index in [0.717, 1.165) is 11.4 Å². The molecule has 0 bridgehead atoms. The molecule has 2 aromatic rings. The molecule has 2 heterocycles. The number of nitrogens with one attached hydrogen (secondary N) is 1. The minimum atomic E-state index is -0.424. The highest BCUT2D eigenvalue weighted by Crippen LogP contribution is 2.34. The van der Waals surface area contributed by atoms with E-state index in [9.17, 15) is 4.79 Å². The summed E-state index contributed by atoms with van der Waals surface area (Å²) in [6.07, 6.45) is 3.38. The van der Waals surface area contributed by atoms with Crippen molar-refractivity contribution in [1.82, 2.24) is 9.88 Å². The molecule has 3 rings (SSSR count). The van der Waals surface area contributed by atoms with E-state index in [1.807, 2.05) is 31.2 Å². The Bertz CT molecular complexity index is 784. The molecule has 7 heteroatoms. The van der Waals surface area contributed by atoms with Crippen LogP contribution in [0.5, 0.6) is 11.5 Å². The van der Waals surface area contributed by atoms with Gasteiger partial charge >= 0.3 is 0 Å². The van der Waals surface area contributed by atoms with Crippen molar-refractivity contribution in [2.75, 3.05) is 45.8 Å². The minimum absolute atomic E-state index is 0.0597. The molecule has 1 atom stereocenters. The first kappa shape index (κ1) is 19.0. The molecular weight excluding hydrogens is 346 g/mol. The topological polar surface area (TPSA) is 72.9 Å². The molecule has 0 spiro atoms. The number of nitrogens with zero attached hydrogens (tertiary/aromatic N) is 2. The number of ether oxygens (including phenoxy) is 3. The fraction of sp³-hybridized carbons (Fsp3) is 0.400. The highest BCUT2D eigenvalue weighted by molar-refractivity contribution is 5.95. The lowest BCUT2D eigenvalue weighted by atomic mass is 10.0. The fourth-order valence-electron chi connectivity index (χ4n) is 2.79. The van der Waals surface area contributed by atoms with Crippen LogP contribution in [0.25, 0.3) is 0 Å². The van der Waals surface area contributed by atoms with E-state index in [1.165, 1.54) is 0 Å². The average Bonchev–Trinajstić information content (AvgIpc) is 2.70. The van der Waals surface area contributed by atoms with Gasteiger partial charge in [0.1, 0.15) is 30.3 Å². The first-order chi connectivity index (χ1) is 13.0. The Kier molecular flexibility index (Phi) is 5.81. The second kappa shape index (κ2) is 8.26. The number of rotatable bonds is 7. The van der Waals surface area contributed by atoms with Crippen LogP contribution in [0.15, 0.2) is 42.7 Å². The van der Waals surface area contributed by atoms with Crippen LogP contribution >= 0.6 is 0 Å². The van der Waals surface area contributed by atoms with Crippen molar-refractivity contribution in [1.29, 1.82) is 0 Å². The van der Waals surface area contributed by atoms with Gasteiger partial charge in [-0.25, -0.2) is 0 Å². The van der Waals surface area contributed by atoms with Crippen LogP contribution in [0.2, 0.25) is 0 Å². The third kappa shape index (κ3) is 4.68. The predicted molar refractivity (Wildman–Crippen MR) is 103 cm³/mol. The minimum Gasteiger partial charge on any atom is -0.489 e. The maximum absolute atomic E-state index is 12.6. The van der Waals surface area contributed by atoms with Crippen molar-refractivity contribution < 1.29 is 19.0 Å². The molecule has 0 radical (unpaired) electrons. The summed E-state index contributed by atoms with van der Waals surface area (Å²) in [5, 5.41) is 3.46. The lowest BCUT2D eigenvalue weighted by molar-refractivity contribution is 0.0744. The number of hydrogen-bond acceptors (Lipinski definition) is 6. The summed E-state index contributed by atoms with van der Waals surface area (Å²) in [7, 11) is 3.38. The number of carbonyl (C=O) groups is 1. The molecule has 1 aliphatic heterocycles. The highest BCUT2D eigenvalue weighted by atomic mass is 16.5. The Labute approximate surface area is 159 Å². The van der Waals surface area contributed by atoms with Gasteiger partial charge in [0.25, 0.3) is 5.91 Å². The van der Waals surface area contributed by atoms with Crippen LogP contribution in [0.3, 0.4) is 0 Å². The molecule has 1 N–H and O–H groups in total. The van der Waals surface area contributed by atoms with Crippen LogP contribution in [0.1, 0.15) is 17.3 Å². The molecular formula is C20H25N3O4. The largest absolute Gasteiger partial charge is 0.489 e. The number of benzene rings is 1. The van der Waals surface area contributed by atoms with E-state index in [-0.39, 0.29) is 5.91 Å². The molecule has 27 heavy (non-hydrogen) atoms. The fourth-order valence-corrected chi connectivity index (χ4v) is 2.79. The van der Waals surface area contributed by atoms with Gasteiger partial charge in [-0.15, -0.1) is 0 Å². The number of pyridine rings is 1. The Balaban J connectivity index is 1.69. The zero-order valence-electron chi connectivity index (χ0n) is 15.9. The first-order valence-corrected chi connectivity index (χ1v) is 8.83. The van der Waals surface area contributed by atoms with E-state index < -0.39 is 5.54 Å². The zero-order valence-corrected chi connectivity index (χ0v) is 15.9. The van der Waals surface area contributed by atoms with E-state index >= 15 is 0 Å². The standard InChI is InChI=1S/C20H25N3O4/c1-20(13-26-16-5-4-8-21-12-16)14-27-18-7-6-15(11-17(18)22-20)19(24)23(2)9-10-25-3/h4-8,11-12,22H,9-10,13-14H2,1-3H3. The van der Waals surface area contributed by atoms with E-state index in [2.05, 4.69) is 10.3 Å². The first-order valence-electron chi connectivity index (χ1n) is 8.83. The van der Waals surface area contributed by atoms with Crippen LogP contribution in [0.4, 0.5) is 5.69 Å². The van der Waals surface area contributed by atoms with E-state index in [1.54, 1.807) is 37.5 Å². The van der Waals surface area contributed by atoms with Crippen molar-refractivity contribution in [2.45, 2.75) is 12.5 Å². The van der Waals surface area contributed by atoms with Gasteiger partial charge in [-0.2, -0.15) is 0 Å². The lowest BCUT2D eigenvalue weighted by Gasteiger charge is -2.36. The van der Waals surface area contributed by atoms with Crippen molar-refractivity contribution >= 4 is 11.6 Å². The third-order valence-electron chi connectivity index (χ3n) is 4.38. The normalized spacial score (nSPS) is 18.0. The average molecular weight is 371 g/mol. The molecule has 1 aromatic heterocycles. The number of amides is 1. The van der Waals surface area contributed by atoms with Gasteiger partial charge in [0.2, 0.25) is 0 Å². The number of fused-ring (bicyclic) bond motifs is 1. The Morgan fingerprint density at radius 2 is 2.26 bits per heavy atom. The summed E-state index contributed by atoms with van der Waals surface area (Å²) < 4.78 is 16.7. The molecule has 0 saturated heterocycles.